The van der Waals surface area contributed by atoms with Gasteiger partial charge >= 0.3 is 0 Å². The fourth-order valence-electron chi connectivity index (χ4n) is 4.44. The molecule has 6 nitrogen and oxygen atoms in total. The van der Waals surface area contributed by atoms with Crippen molar-refractivity contribution in [2.24, 2.45) is 0 Å². The molecule has 2 amide bonds. The maximum atomic E-state index is 12.3. The number of amides is 2. The van der Waals surface area contributed by atoms with E-state index in [9.17, 15) is 9.59 Å². The van der Waals surface area contributed by atoms with E-state index in [0.717, 1.165) is 83.8 Å². The second-order valence-electron chi connectivity index (χ2n) is 9.33. The van der Waals surface area contributed by atoms with Crippen molar-refractivity contribution in [3.8, 4) is 0 Å². The Labute approximate surface area is 200 Å². The molecule has 0 spiro atoms. The Morgan fingerprint density at radius 3 is 2.03 bits per heavy atom. The quantitative estimate of drug-likeness (QED) is 0.240. The van der Waals surface area contributed by atoms with E-state index in [1.165, 1.54) is 25.7 Å². The minimum atomic E-state index is -0.0644. The molecule has 33 heavy (non-hydrogen) atoms. The third kappa shape index (κ3) is 13.0. The standard InChI is InChI=1S/C27H46N2O4/c1-2-3-4-5-7-10-18-25(30)28-23-16-15-17-24(23)29-26(31)19-11-8-6-9-13-21-32-27-20-12-14-22-33-27/h10-11,18-19,23-24,27H,2-9,12-17,20-22H2,1H3,(H,28,30)(H,29,31). The Morgan fingerprint density at radius 1 is 0.818 bits per heavy atom. The van der Waals surface area contributed by atoms with E-state index >= 15 is 0 Å². The van der Waals surface area contributed by atoms with Crippen molar-refractivity contribution in [2.45, 2.75) is 122 Å². The second kappa shape index (κ2) is 17.8. The van der Waals surface area contributed by atoms with Gasteiger partial charge in [-0.05, 0) is 82.8 Å². The molecule has 6 heteroatoms. The lowest BCUT2D eigenvalue weighted by atomic mass is 10.1. The highest BCUT2D eigenvalue weighted by molar-refractivity contribution is 5.89. The number of carbonyl (C=O) groups excluding carboxylic acids is 2. The van der Waals surface area contributed by atoms with Gasteiger partial charge in [-0.15, -0.1) is 0 Å². The summed E-state index contributed by atoms with van der Waals surface area (Å²) < 4.78 is 11.3. The maximum Gasteiger partial charge on any atom is 0.243 e. The lowest BCUT2D eigenvalue weighted by Crippen LogP contribution is -2.47. The molecular formula is C27H46N2O4. The van der Waals surface area contributed by atoms with Crippen LogP contribution < -0.4 is 10.6 Å². The van der Waals surface area contributed by atoms with Gasteiger partial charge in [0, 0.05) is 25.3 Å². The van der Waals surface area contributed by atoms with Gasteiger partial charge in [0.2, 0.25) is 11.8 Å². The van der Waals surface area contributed by atoms with Gasteiger partial charge in [-0.25, -0.2) is 0 Å². The number of rotatable bonds is 16. The van der Waals surface area contributed by atoms with E-state index in [-0.39, 0.29) is 30.2 Å². The summed E-state index contributed by atoms with van der Waals surface area (Å²) in [4.78, 5) is 24.5. The summed E-state index contributed by atoms with van der Waals surface area (Å²) in [6.45, 7) is 3.77. The third-order valence-electron chi connectivity index (χ3n) is 6.39. The summed E-state index contributed by atoms with van der Waals surface area (Å²) in [5, 5.41) is 6.14. The predicted molar refractivity (Wildman–Crippen MR) is 133 cm³/mol. The molecule has 2 rings (SSSR count). The number of ether oxygens (including phenoxy) is 2. The van der Waals surface area contributed by atoms with Gasteiger partial charge in [-0.2, -0.15) is 0 Å². The molecule has 0 bridgehead atoms. The highest BCUT2D eigenvalue weighted by atomic mass is 16.7. The Hall–Kier alpha value is -1.66. The SMILES string of the molecule is CCCCCCC=CC(=O)NC1CCCC1NC(=O)C=CCCCCCOC1CCCCO1. The highest BCUT2D eigenvalue weighted by Crippen LogP contribution is 2.19. The van der Waals surface area contributed by atoms with Crippen LogP contribution in [0.2, 0.25) is 0 Å². The fraction of sp³-hybridized carbons (Fsp3) is 0.778. The molecule has 1 aliphatic heterocycles. The topological polar surface area (TPSA) is 76.7 Å². The molecule has 3 atom stereocenters. The zero-order valence-corrected chi connectivity index (χ0v) is 20.7. The highest BCUT2D eigenvalue weighted by Gasteiger charge is 2.28. The Bertz CT molecular complexity index is 599. The van der Waals surface area contributed by atoms with Gasteiger partial charge in [0.05, 0.1) is 0 Å². The summed E-state index contributed by atoms with van der Waals surface area (Å²) in [5.41, 5.74) is 0. The Kier molecular flexibility index (Phi) is 14.9. The average Bonchev–Trinajstić information content (AvgIpc) is 3.24. The molecule has 0 aromatic rings. The zero-order chi connectivity index (χ0) is 23.6. The molecule has 2 aliphatic rings. The van der Waals surface area contributed by atoms with Crippen molar-refractivity contribution in [2.75, 3.05) is 13.2 Å². The van der Waals surface area contributed by atoms with E-state index in [0.29, 0.717) is 0 Å². The molecule has 1 saturated carbocycles. The molecule has 0 radical (unpaired) electrons. The third-order valence-corrected chi connectivity index (χ3v) is 6.39. The molecule has 1 heterocycles. The smallest absolute Gasteiger partial charge is 0.243 e. The maximum absolute atomic E-state index is 12.3. The molecular weight excluding hydrogens is 416 g/mol. The lowest BCUT2D eigenvalue weighted by Gasteiger charge is -2.22. The van der Waals surface area contributed by atoms with Crippen molar-refractivity contribution >= 4 is 11.8 Å². The van der Waals surface area contributed by atoms with Crippen LogP contribution in [-0.4, -0.2) is 43.4 Å². The summed E-state index contributed by atoms with van der Waals surface area (Å²) in [6, 6.07) is 0.0379. The van der Waals surface area contributed by atoms with Crippen LogP contribution in [0, 0.1) is 0 Å². The Balaban J connectivity index is 1.52. The molecule has 188 valence electrons. The minimum Gasteiger partial charge on any atom is -0.353 e. The van der Waals surface area contributed by atoms with Crippen LogP contribution in [0.25, 0.3) is 0 Å². The molecule has 0 aromatic carbocycles. The van der Waals surface area contributed by atoms with E-state index < -0.39 is 0 Å². The summed E-state index contributed by atoms with van der Waals surface area (Å²) in [5.74, 6) is -0.114. The predicted octanol–water partition coefficient (Wildman–Crippen LogP) is 5.33. The minimum absolute atomic E-state index is 0.00175. The van der Waals surface area contributed by atoms with Crippen molar-refractivity contribution in [1.82, 2.24) is 10.6 Å². The van der Waals surface area contributed by atoms with Crippen molar-refractivity contribution in [3.63, 3.8) is 0 Å². The number of nitrogens with one attached hydrogen (secondary N) is 2. The van der Waals surface area contributed by atoms with Crippen molar-refractivity contribution in [3.05, 3.63) is 24.3 Å². The number of hydrogen-bond acceptors (Lipinski definition) is 4. The van der Waals surface area contributed by atoms with Crippen LogP contribution in [0.5, 0.6) is 0 Å². The van der Waals surface area contributed by atoms with Crippen LogP contribution in [-0.2, 0) is 19.1 Å². The van der Waals surface area contributed by atoms with Crippen molar-refractivity contribution in [1.29, 1.82) is 0 Å². The van der Waals surface area contributed by atoms with Crippen LogP contribution in [0.15, 0.2) is 24.3 Å². The fourth-order valence-corrected chi connectivity index (χ4v) is 4.44. The lowest BCUT2D eigenvalue weighted by molar-refractivity contribution is -0.162. The van der Waals surface area contributed by atoms with Gasteiger partial charge in [0.25, 0.3) is 0 Å². The number of hydrogen-bond donors (Lipinski definition) is 2. The van der Waals surface area contributed by atoms with E-state index in [1.807, 2.05) is 12.2 Å². The first-order chi connectivity index (χ1) is 16.2. The summed E-state index contributed by atoms with van der Waals surface area (Å²) in [7, 11) is 0. The first-order valence-electron chi connectivity index (χ1n) is 13.4. The Morgan fingerprint density at radius 2 is 1.45 bits per heavy atom. The molecule has 1 aliphatic carbocycles. The monoisotopic (exact) mass is 462 g/mol. The van der Waals surface area contributed by atoms with Gasteiger partial charge in [-0.1, -0.05) is 44.8 Å². The van der Waals surface area contributed by atoms with E-state index in [2.05, 4.69) is 17.6 Å². The van der Waals surface area contributed by atoms with E-state index in [1.54, 1.807) is 12.2 Å². The van der Waals surface area contributed by atoms with Gasteiger partial charge in [-0.3, -0.25) is 9.59 Å². The summed E-state index contributed by atoms with van der Waals surface area (Å²) in [6.07, 6.45) is 23.2. The summed E-state index contributed by atoms with van der Waals surface area (Å²) >= 11 is 0. The number of allylic oxidation sites excluding steroid dienone is 2. The van der Waals surface area contributed by atoms with Gasteiger partial charge in [0.1, 0.15) is 0 Å². The number of unbranched alkanes of at least 4 members (excludes halogenated alkanes) is 7. The largest absolute Gasteiger partial charge is 0.353 e. The molecule has 1 saturated heterocycles. The first-order valence-corrected chi connectivity index (χ1v) is 13.4. The van der Waals surface area contributed by atoms with Crippen LogP contribution in [0.4, 0.5) is 0 Å². The van der Waals surface area contributed by atoms with Crippen LogP contribution in [0.1, 0.15) is 103 Å². The van der Waals surface area contributed by atoms with Gasteiger partial charge < -0.3 is 20.1 Å². The van der Waals surface area contributed by atoms with Crippen molar-refractivity contribution < 1.29 is 19.1 Å². The normalized spacial score (nSPS) is 23.4. The molecule has 2 N–H and O–H groups in total. The van der Waals surface area contributed by atoms with Crippen LogP contribution in [0.3, 0.4) is 0 Å². The van der Waals surface area contributed by atoms with Gasteiger partial charge in [0.15, 0.2) is 6.29 Å². The number of carbonyl (C=O) groups is 2. The second-order valence-corrected chi connectivity index (χ2v) is 9.33. The average molecular weight is 463 g/mol. The first kappa shape index (κ1) is 27.6. The zero-order valence-electron chi connectivity index (χ0n) is 20.7. The molecule has 3 unspecified atom stereocenters. The molecule has 2 fully saturated rings. The van der Waals surface area contributed by atoms with E-state index in [4.69, 9.17) is 9.47 Å². The van der Waals surface area contributed by atoms with Crippen LogP contribution >= 0.6 is 0 Å². The molecule has 0 aromatic heterocycles.